The van der Waals surface area contributed by atoms with Crippen molar-refractivity contribution < 1.29 is 89.1 Å². The molecule has 3 aliphatic heterocycles. The van der Waals surface area contributed by atoms with Gasteiger partial charge in [0.1, 0.15) is 73.4 Å². The summed E-state index contributed by atoms with van der Waals surface area (Å²) in [5.41, 5.74) is -1.66. The van der Waals surface area contributed by atoms with Gasteiger partial charge in [0, 0.05) is 0 Å². The molecule has 0 bridgehead atoms. The lowest BCUT2D eigenvalue weighted by molar-refractivity contribution is -0.356. The number of esters is 1. The van der Waals surface area contributed by atoms with Crippen LogP contribution < -0.4 is 0 Å². The summed E-state index contributed by atoms with van der Waals surface area (Å²) in [6.45, 7) is 11.7. The molecule has 18 nitrogen and oxygen atoms in total. The van der Waals surface area contributed by atoms with Crippen LogP contribution in [-0.4, -0.2) is 175 Å². The summed E-state index contributed by atoms with van der Waals surface area (Å²) in [7, 11) is 0. The molecule has 0 spiro atoms. The van der Waals surface area contributed by atoms with E-state index in [1.807, 2.05) is 6.92 Å². The van der Waals surface area contributed by atoms with Crippen molar-refractivity contribution >= 4 is 12.3 Å². The Bertz CT molecular complexity index is 1790. The monoisotopic (exact) mass is 926 g/mol. The van der Waals surface area contributed by atoms with Gasteiger partial charge >= 0.3 is 5.97 Å². The molecule has 0 aromatic heterocycles. The third kappa shape index (κ3) is 7.71. The lowest BCUT2D eigenvalue weighted by atomic mass is 9.33. The molecule has 370 valence electrons. The quantitative estimate of drug-likeness (QED) is 0.0628. The fraction of sp³-hybridized carbons (Fsp3) is 0.915. The minimum Gasteiger partial charge on any atom is -0.432 e. The number of ether oxygens (including phenoxy) is 6. The summed E-state index contributed by atoms with van der Waals surface area (Å²) in [6.07, 6.45) is -12.2. The third-order valence-corrected chi connectivity index (χ3v) is 18.9. The Morgan fingerprint density at radius 3 is 1.95 bits per heavy atom. The fourth-order valence-electron chi connectivity index (χ4n) is 14.6. The molecule has 8 aliphatic rings. The summed E-state index contributed by atoms with van der Waals surface area (Å²) in [5.74, 6) is -0.665. The van der Waals surface area contributed by atoms with Gasteiger partial charge in [-0.25, -0.2) is 0 Å². The van der Waals surface area contributed by atoms with E-state index in [1.54, 1.807) is 0 Å². The van der Waals surface area contributed by atoms with Crippen LogP contribution >= 0.6 is 0 Å². The first-order valence-electron chi connectivity index (χ1n) is 23.7. The molecule has 3 saturated heterocycles. The summed E-state index contributed by atoms with van der Waals surface area (Å²) >= 11 is 0. The van der Waals surface area contributed by atoms with Gasteiger partial charge in [0.25, 0.3) is 0 Å². The number of carbonyl (C=O) groups excluding carboxylic acids is 2. The van der Waals surface area contributed by atoms with Gasteiger partial charge in [0.05, 0.1) is 36.8 Å². The second kappa shape index (κ2) is 17.6. The van der Waals surface area contributed by atoms with E-state index in [0.717, 1.165) is 32.0 Å². The van der Waals surface area contributed by atoms with Gasteiger partial charge in [-0.1, -0.05) is 53.2 Å². The highest BCUT2D eigenvalue weighted by Gasteiger charge is 2.70. The summed E-state index contributed by atoms with van der Waals surface area (Å²) in [4.78, 5) is 28.2. The largest absolute Gasteiger partial charge is 0.432 e. The second-order valence-electron chi connectivity index (χ2n) is 22.7. The number of hydrogen-bond acceptors (Lipinski definition) is 18. The molecule has 8 rings (SSSR count). The molecule has 0 radical (unpaired) electrons. The van der Waals surface area contributed by atoms with Crippen molar-refractivity contribution in [2.45, 2.75) is 198 Å². The van der Waals surface area contributed by atoms with Crippen LogP contribution in [0, 0.1) is 50.2 Å². The zero-order valence-corrected chi connectivity index (χ0v) is 38.5. The Morgan fingerprint density at radius 2 is 1.32 bits per heavy atom. The number of aldehydes is 1. The van der Waals surface area contributed by atoms with Crippen LogP contribution in [0.1, 0.15) is 106 Å². The predicted molar refractivity (Wildman–Crippen MR) is 225 cm³/mol. The van der Waals surface area contributed by atoms with Crippen LogP contribution in [0.15, 0.2) is 11.6 Å². The molecule has 4 saturated carbocycles. The van der Waals surface area contributed by atoms with E-state index in [2.05, 4.69) is 40.7 Å². The van der Waals surface area contributed by atoms with Gasteiger partial charge in [0.2, 0.25) is 6.29 Å². The lowest BCUT2D eigenvalue weighted by Gasteiger charge is -2.71. The standard InChI is InChI=1S/C47H74O18/c1-42(2)13-15-47(41(59)65-40-35(57)33(55)31(53)26(19-49)62-40)16-14-45(5)22(23(47)17-42)7-8-28-43(3)11-10-29(44(4,21-50)27(43)9-12-46(28,45)6)63-38-36(58)37(24(51)20-60-38)64-39-34(56)32(54)30(52)25(18-48)61-39/h7,21,23-40,48-49,51-58H,8-20H2,1-6H3/t23-,24-,25+,26-,27+,28+,29-,30+,31-,32-,33+,34+,35-,36+,37-,38-,39-,40-,43-,44-,45+,46+,47-/m0/s1. The van der Waals surface area contributed by atoms with Crippen LogP contribution in [0.2, 0.25) is 0 Å². The van der Waals surface area contributed by atoms with E-state index < -0.39 is 122 Å². The highest BCUT2D eigenvalue weighted by atomic mass is 16.7. The average molecular weight is 927 g/mol. The Hall–Kier alpha value is -1.72. The first-order chi connectivity index (χ1) is 30.5. The molecule has 10 N–H and O–H groups in total. The van der Waals surface area contributed by atoms with Crippen LogP contribution in [0.3, 0.4) is 0 Å². The Labute approximate surface area is 380 Å². The molecular weight excluding hydrogens is 852 g/mol. The summed E-state index contributed by atoms with van der Waals surface area (Å²) < 4.78 is 35.3. The van der Waals surface area contributed by atoms with Gasteiger partial charge in [-0.3, -0.25) is 4.79 Å². The minimum atomic E-state index is -1.76. The molecule has 65 heavy (non-hydrogen) atoms. The van der Waals surface area contributed by atoms with Crippen LogP contribution in [0.5, 0.6) is 0 Å². The highest BCUT2D eigenvalue weighted by Crippen LogP contribution is 2.76. The smallest absolute Gasteiger partial charge is 0.315 e. The number of aliphatic hydroxyl groups excluding tert-OH is 10. The van der Waals surface area contributed by atoms with Crippen molar-refractivity contribution in [1.82, 2.24) is 0 Å². The second-order valence-corrected chi connectivity index (χ2v) is 22.7. The third-order valence-electron chi connectivity index (χ3n) is 18.9. The average Bonchev–Trinajstić information content (AvgIpc) is 3.26. The first kappa shape index (κ1) is 49.7. The van der Waals surface area contributed by atoms with Gasteiger partial charge in [-0.05, 0) is 104 Å². The molecular formula is C47H74O18. The van der Waals surface area contributed by atoms with E-state index in [0.29, 0.717) is 38.5 Å². The van der Waals surface area contributed by atoms with E-state index in [1.165, 1.54) is 5.57 Å². The van der Waals surface area contributed by atoms with Crippen molar-refractivity contribution in [3.63, 3.8) is 0 Å². The predicted octanol–water partition coefficient (Wildman–Crippen LogP) is -0.0414. The SMILES string of the molecule is CC1(C)CC[C@]2(C(=O)O[C@@H]3O[C@@H](CO)[C@H](O)[C@@H](O)[C@@H]3O)CC[C@]3(C)C(=CC[C@@H]4[C@@]5(C)CC[C@H](O[C@@H]6OC[C@H](O)[C@H](O[C@@H]7O[C@H](CO)[C@@H](O)[C@H](O)[C@H]7O)[C@H]6O)[C@@](C)(C=O)[C@@H]5CC[C@]43C)[C@@H]2C1. The topological polar surface area (TPSA) is 292 Å². The first-order valence-corrected chi connectivity index (χ1v) is 23.7. The highest BCUT2D eigenvalue weighted by molar-refractivity contribution is 5.79. The molecule has 18 heteroatoms. The molecule has 0 aromatic rings. The molecule has 3 heterocycles. The number of hydrogen-bond donors (Lipinski definition) is 10. The Balaban J connectivity index is 1.02. The van der Waals surface area contributed by atoms with Crippen molar-refractivity contribution in [3.8, 4) is 0 Å². The molecule has 0 unspecified atom stereocenters. The van der Waals surface area contributed by atoms with E-state index in [4.69, 9.17) is 28.4 Å². The minimum absolute atomic E-state index is 0.0813. The van der Waals surface area contributed by atoms with E-state index >= 15 is 0 Å². The van der Waals surface area contributed by atoms with E-state index in [-0.39, 0.29) is 46.0 Å². The zero-order chi connectivity index (χ0) is 47.4. The molecule has 5 aliphatic carbocycles. The van der Waals surface area contributed by atoms with Crippen molar-refractivity contribution in [2.24, 2.45) is 50.2 Å². The normalized spacial score (nSPS) is 54.2. The number of fused-ring (bicyclic) bond motifs is 7. The van der Waals surface area contributed by atoms with Crippen LogP contribution in [0.25, 0.3) is 0 Å². The Kier molecular flexibility index (Phi) is 13.5. The van der Waals surface area contributed by atoms with Gasteiger partial charge in [-0.2, -0.15) is 0 Å². The number of aliphatic hydroxyl groups is 10. The van der Waals surface area contributed by atoms with Crippen LogP contribution in [0.4, 0.5) is 0 Å². The maximum atomic E-state index is 14.6. The zero-order valence-electron chi connectivity index (χ0n) is 38.5. The van der Waals surface area contributed by atoms with E-state index in [9.17, 15) is 60.7 Å². The molecule has 0 aromatic carbocycles. The summed E-state index contributed by atoms with van der Waals surface area (Å²) in [5, 5.41) is 105. The molecule has 0 amide bonds. The number of allylic oxidation sites excluding steroid dienone is 2. The molecule has 7 fully saturated rings. The lowest BCUT2D eigenvalue weighted by Crippen LogP contribution is -2.67. The number of rotatable bonds is 9. The maximum absolute atomic E-state index is 14.6. The van der Waals surface area contributed by atoms with Crippen molar-refractivity contribution in [2.75, 3.05) is 19.8 Å². The van der Waals surface area contributed by atoms with Gasteiger partial charge in [0.15, 0.2) is 12.6 Å². The van der Waals surface area contributed by atoms with Crippen molar-refractivity contribution in [3.05, 3.63) is 11.6 Å². The fourth-order valence-corrected chi connectivity index (χ4v) is 14.6. The Morgan fingerprint density at radius 1 is 0.708 bits per heavy atom. The van der Waals surface area contributed by atoms with Gasteiger partial charge < -0.3 is 84.3 Å². The maximum Gasteiger partial charge on any atom is 0.315 e. The van der Waals surface area contributed by atoms with Crippen LogP contribution in [-0.2, 0) is 38.0 Å². The number of carbonyl (C=O) groups is 2. The van der Waals surface area contributed by atoms with Crippen molar-refractivity contribution in [1.29, 1.82) is 0 Å². The molecule has 23 atom stereocenters. The van der Waals surface area contributed by atoms with Gasteiger partial charge in [-0.15, -0.1) is 0 Å². The summed E-state index contributed by atoms with van der Waals surface area (Å²) in [6, 6.07) is 0.